The third-order valence-corrected chi connectivity index (χ3v) is 3.63. The zero-order valence-electron chi connectivity index (χ0n) is 13.8. The highest BCUT2D eigenvalue weighted by Gasteiger charge is 2.46. The number of carbonyl (C=O) groups is 2. The molecule has 0 spiro atoms. The molecule has 0 bridgehead atoms. The number of rotatable bonds is 9. The van der Waals surface area contributed by atoms with Gasteiger partial charge in [-0.1, -0.05) is 57.0 Å². The van der Waals surface area contributed by atoms with Gasteiger partial charge in [-0.05, 0) is 25.3 Å². The molecule has 4 nitrogen and oxygen atoms in total. The molecule has 1 rings (SSSR count). The Bertz CT molecular complexity index is 445. The smallest absolute Gasteiger partial charge is 0.327 e. The van der Waals surface area contributed by atoms with Gasteiger partial charge in [-0.25, -0.2) is 0 Å². The van der Waals surface area contributed by atoms with Crippen molar-refractivity contribution < 1.29 is 19.1 Å². The predicted octanol–water partition coefficient (Wildman–Crippen LogP) is 3.63. The second-order valence-electron chi connectivity index (χ2n) is 5.47. The van der Waals surface area contributed by atoms with E-state index in [-0.39, 0.29) is 0 Å². The minimum Gasteiger partial charge on any atom is -0.465 e. The Morgan fingerprint density at radius 3 is 1.77 bits per heavy atom. The molecule has 0 saturated carbocycles. The van der Waals surface area contributed by atoms with Gasteiger partial charge < -0.3 is 9.47 Å². The van der Waals surface area contributed by atoms with Crippen LogP contribution in [0.2, 0.25) is 0 Å². The van der Waals surface area contributed by atoms with Gasteiger partial charge in [0.15, 0.2) is 5.41 Å². The number of benzene rings is 1. The van der Waals surface area contributed by atoms with Crippen LogP contribution in [-0.4, -0.2) is 25.2 Å². The van der Waals surface area contributed by atoms with Crippen LogP contribution in [0.3, 0.4) is 0 Å². The number of carbonyl (C=O) groups excluding carboxylic acids is 2. The summed E-state index contributed by atoms with van der Waals surface area (Å²) in [5, 5.41) is 0. The molecule has 0 saturated heterocycles. The highest BCUT2D eigenvalue weighted by atomic mass is 16.6. The molecule has 0 aliphatic heterocycles. The van der Waals surface area contributed by atoms with E-state index in [0.717, 1.165) is 25.7 Å². The van der Waals surface area contributed by atoms with E-state index in [0.29, 0.717) is 18.8 Å². The molecule has 0 amide bonds. The van der Waals surface area contributed by atoms with Crippen molar-refractivity contribution in [2.45, 2.75) is 51.9 Å². The van der Waals surface area contributed by atoms with Crippen molar-refractivity contribution in [2.24, 2.45) is 0 Å². The molecule has 0 aliphatic carbocycles. The summed E-state index contributed by atoms with van der Waals surface area (Å²) >= 11 is 0. The molecule has 0 radical (unpaired) electrons. The van der Waals surface area contributed by atoms with Crippen LogP contribution >= 0.6 is 0 Å². The molecule has 0 N–H and O–H groups in total. The molecule has 22 heavy (non-hydrogen) atoms. The second kappa shape index (κ2) is 9.23. The summed E-state index contributed by atoms with van der Waals surface area (Å²) in [6.07, 6.45) is 3.41. The molecule has 0 atom stereocenters. The third kappa shape index (κ3) is 4.58. The number of hydrogen-bond donors (Lipinski definition) is 0. The van der Waals surface area contributed by atoms with Crippen molar-refractivity contribution in [3.63, 3.8) is 0 Å². The van der Waals surface area contributed by atoms with Crippen LogP contribution in [0.5, 0.6) is 0 Å². The summed E-state index contributed by atoms with van der Waals surface area (Å²) in [6.45, 7) is 6.25. The molecule has 0 heterocycles. The van der Waals surface area contributed by atoms with Crippen LogP contribution in [0.1, 0.15) is 52.0 Å². The lowest BCUT2D eigenvalue weighted by atomic mass is 9.82. The first-order chi connectivity index (χ1) is 10.6. The van der Waals surface area contributed by atoms with Gasteiger partial charge in [-0.15, -0.1) is 0 Å². The van der Waals surface area contributed by atoms with Crippen molar-refractivity contribution in [3.05, 3.63) is 35.9 Å². The number of esters is 2. The van der Waals surface area contributed by atoms with Crippen LogP contribution in [0.25, 0.3) is 0 Å². The van der Waals surface area contributed by atoms with Gasteiger partial charge in [0.05, 0.1) is 13.2 Å². The Morgan fingerprint density at radius 1 is 0.909 bits per heavy atom. The number of unbranched alkanes of at least 4 members (excludes halogenated alkanes) is 2. The lowest BCUT2D eigenvalue weighted by Crippen LogP contribution is -2.43. The average molecular weight is 306 g/mol. The quantitative estimate of drug-likeness (QED) is 0.397. The SMILES string of the molecule is CCCCOC(=O)C(C)(C(=O)OCCCC)c1ccccc1. The maximum Gasteiger partial charge on any atom is 0.327 e. The zero-order chi connectivity index (χ0) is 16.4. The maximum absolute atomic E-state index is 12.5. The highest BCUT2D eigenvalue weighted by Crippen LogP contribution is 2.27. The molecule has 4 heteroatoms. The van der Waals surface area contributed by atoms with Crippen molar-refractivity contribution >= 4 is 11.9 Å². The summed E-state index contributed by atoms with van der Waals surface area (Å²) in [5.41, 5.74) is -0.819. The van der Waals surface area contributed by atoms with Crippen LogP contribution in [-0.2, 0) is 24.5 Å². The van der Waals surface area contributed by atoms with E-state index >= 15 is 0 Å². The Kier molecular flexibility index (Phi) is 7.64. The Labute approximate surface area is 132 Å². The molecular formula is C18H26O4. The van der Waals surface area contributed by atoms with Crippen LogP contribution < -0.4 is 0 Å². The lowest BCUT2D eigenvalue weighted by molar-refractivity contribution is -0.164. The topological polar surface area (TPSA) is 52.6 Å². The maximum atomic E-state index is 12.5. The fraction of sp³-hybridized carbons (Fsp3) is 0.556. The normalized spacial score (nSPS) is 11.0. The van der Waals surface area contributed by atoms with Gasteiger partial charge in [-0.3, -0.25) is 9.59 Å². The van der Waals surface area contributed by atoms with E-state index in [2.05, 4.69) is 0 Å². The van der Waals surface area contributed by atoms with Crippen LogP contribution in [0.15, 0.2) is 30.3 Å². The Hall–Kier alpha value is -1.84. The van der Waals surface area contributed by atoms with Crippen molar-refractivity contribution in [3.8, 4) is 0 Å². The Morgan fingerprint density at radius 2 is 1.36 bits per heavy atom. The minimum absolute atomic E-state index is 0.319. The van der Waals surface area contributed by atoms with E-state index in [1.165, 1.54) is 0 Å². The average Bonchev–Trinajstić information content (AvgIpc) is 2.55. The van der Waals surface area contributed by atoms with Gasteiger partial charge in [-0.2, -0.15) is 0 Å². The van der Waals surface area contributed by atoms with E-state index < -0.39 is 17.4 Å². The first-order valence-electron chi connectivity index (χ1n) is 7.97. The molecule has 1 aromatic carbocycles. The summed E-state index contributed by atoms with van der Waals surface area (Å²) in [6, 6.07) is 8.94. The standard InChI is InChI=1S/C18H26O4/c1-4-6-13-21-16(19)18(3,15-11-9-8-10-12-15)17(20)22-14-7-5-2/h8-12H,4-7,13-14H2,1-3H3. The van der Waals surface area contributed by atoms with Crippen molar-refractivity contribution in [1.29, 1.82) is 0 Å². The van der Waals surface area contributed by atoms with E-state index in [9.17, 15) is 9.59 Å². The molecule has 0 fully saturated rings. The fourth-order valence-corrected chi connectivity index (χ4v) is 2.00. The summed E-state index contributed by atoms with van der Waals surface area (Å²) in [7, 11) is 0. The third-order valence-electron chi connectivity index (χ3n) is 3.63. The molecular weight excluding hydrogens is 280 g/mol. The lowest BCUT2D eigenvalue weighted by Gasteiger charge is -2.25. The van der Waals surface area contributed by atoms with Crippen molar-refractivity contribution in [1.82, 2.24) is 0 Å². The predicted molar refractivity (Wildman–Crippen MR) is 85.5 cm³/mol. The van der Waals surface area contributed by atoms with E-state index in [1.54, 1.807) is 31.2 Å². The van der Waals surface area contributed by atoms with Crippen molar-refractivity contribution in [2.75, 3.05) is 13.2 Å². The molecule has 122 valence electrons. The summed E-state index contributed by atoms with van der Waals surface area (Å²) in [5.74, 6) is -1.10. The highest BCUT2D eigenvalue weighted by molar-refractivity contribution is 6.05. The monoisotopic (exact) mass is 306 g/mol. The molecule has 0 aliphatic rings. The van der Waals surface area contributed by atoms with E-state index in [4.69, 9.17) is 9.47 Å². The van der Waals surface area contributed by atoms with Gasteiger partial charge in [0, 0.05) is 0 Å². The summed E-state index contributed by atoms with van der Waals surface area (Å²) < 4.78 is 10.6. The molecule has 1 aromatic rings. The fourth-order valence-electron chi connectivity index (χ4n) is 2.00. The second-order valence-corrected chi connectivity index (χ2v) is 5.47. The van der Waals surface area contributed by atoms with Crippen LogP contribution in [0, 0.1) is 0 Å². The van der Waals surface area contributed by atoms with E-state index in [1.807, 2.05) is 19.9 Å². The van der Waals surface area contributed by atoms with Gasteiger partial charge >= 0.3 is 11.9 Å². The zero-order valence-corrected chi connectivity index (χ0v) is 13.8. The van der Waals surface area contributed by atoms with Gasteiger partial charge in [0.25, 0.3) is 0 Å². The van der Waals surface area contributed by atoms with Gasteiger partial charge in [0.1, 0.15) is 0 Å². The molecule has 0 unspecified atom stereocenters. The largest absolute Gasteiger partial charge is 0.465 e. The number of ether oxygens (including phenoxy) is 2. The summed E-state index contributed by atoms with van der Waals surface area (Å²) in [4.78, 5) is 25.0. The van der Waals surface area contributed by atoms with Crippen LogP contribution in [0.4, 0.5) is 0 Å². The Balaban J connectivity index is 2.94. The number of hydrogen-bond acceptors (Lipinski definition) is 4. The molecule has 0 aromatic heterocycles. The minimum atomic E-state index is -1.41. The first-order valence-corrected chi connectivity index (χ1v) is 7.97. The first kappa shape index (κ1) is 18.2. The van der Waals surface area contributed by atoms with Gasteiger partial charge in [0.2, 0.25) is 0 Å².